The van der Waals surface area contributed by atoms with Crippen LogP contribution in [0.15, 0.2) is 24.3 Å². The molecule has 106 valence electrons. The quantitative estimate of drug-likeness (QED) is 0.842. The molecule has 0 aliphatic heterocycles. The Morgan fingerprint density at radius 2 is 1.79 bits per heavy atom. The first-order valence-electron chi connectivity index (χ1n) is 7.45. The van der Waals surface area contributed by atoms with Crippen LogP contribution in [0.2, 0.25) is 0 Å². The Balaban J connectivity index is 2.07. The van der Waals surface area contributed by atoms with Gasteiger partial charge in [-0.15, -0.1) is 0 Å². The molecule has 1 aliphatic carbocycles. The normalized spacial score (nSPS) is 17.9. The molecule has 0 bridgehead atoms. The predicted molar refractivity (Wildman–Crippen MR) is 83.8 cm³/mol. The number of benzene rings is 1. The molecule has 1 saturated carbocycles. The molecule has 2 N–H and O–H groups in total. The Labute approximate surface area is 118 Å². The van der Waals surface area contributed by atoms with Crippen molar-refractivity contribution in [1.82, 2.24) is 5.32 Å². The van der Waals surface area contributed by atoms with Crippen molar-refractivity contribution in [1.29, 1.82) is 0 Å². The van der Waals surface area contributed by atoms with Crippen LogP contribution in [0.3, 0.4) is 0 Å². The fourth-order valence-electron chi connectivity index (χ4n) is 3.04. The highest BCUT2D eigenvalue weighted by Crippen LogP contribution is 2.41. The summed E-state index contributed by atoms with van der Waals surface area (Å²) in [4.78, 5) is 0. The molecule has 0 unspecified atom stereocenters. The van der Waals surface area contributed by atoms with E-state index in [9.17, 15) is 0 Å². The molecule has 1 aromatic carbocycles. The molecule has 0 heterocycles. The highest BCUT2D eigenvalue weighted by molar-refractivity contribution is 5.54. The van der Waals surface area contributed by atoms with Crippen molar-refractivity contribution in [2.75, 3.05) is 25.5 Å². The van der Waals surface area contributed by atoms with E-state index in [1.165, 1.54) is 30.5 Å². The van der Waals surface area contributed by atoms with Crippen LogP contribution in [-0.4, -0.2) is 20.1 Å². The smallest absolute Gasteiger partial charge is 0.0378 e. The van der Waals surface area contributed by atoms with E-state index in [4.69, 9.17) is 0 Å². The number of hydrogen-bond donors (Lipinski definition) is 2. The van der Waals surface area contributed by atoms with E-state index in [0.717, 1.165) is 13.1 Å². The summed E-state index contributed by atoms with van der Waals surface area (Å²) in [5, 5.41) is 7.06. The lowest BCUT2D eigenvalue weighted by molar-refractivity contribution is 0.151. The summed E-state index contributed by atoms with van der Waals surface area (Å²) in [7, 11) is 2.06. The number of para-hydroxylation sites is 1. The minimum absolute atomic E-state index is 0.194. The summed E-state index contributed by atoms with van der Waals surface area (Å²) in [6, 6.07) is 8.72. The SMILES string of the molecule is CNCC1(CNc2ccccc2C(C)(C)C)CCC1. The van der Waals surface area contributed by atoms with Crippen molar-refractivity contribution in [2.24, 2.45) is 5.41 Å². The minimum Gasteiger partial charge on any atom is -0.384 e. The molecular formula is C17H28N2. The van der Waals surface area contributed by atoms with Gasteiger partial charge in [0.1, 0.15) is 0 Å². The lowest BCUT2D eigenvalue weighted by Gasteiger charge is -2.42. The highest BCUT2D eigenvalue weighted by atomic mass is 14.9. The van der Waals surface area contributed by atoms with E-state index in [2.05, 4.69) is 62.7 Å². The minimum atomic E-state index is 0.194. The molecule has 0 saturated heterocycles. The third-order valence-corrected chi connectivity index (χ3v) is 4.35. The van der Waals surface area contributed by atoms with Gasteiger partial charge in [-0.05, 0) is 36.9 Å². The van der Waals surface area contributed by atoms with Crippen molar-refractivity contribution in [3.05, 3.63) is 29.8 Å². The van der Waals surface area contributed by atoms with Gasteiger partial charge in [-0.2, -0.15) is 0 Å². The molecule has 2 nitrogen and oxygen atoms in total. The van der Waals surface area contributed by atoms with Crippen LogP contribution in [0.1, 0.15) is 45.6 Å². The summed E-state index contributed by atoms with van der Waals surface area (Å²) in [5.41, 5.74) is 3.38. The topological polar surface area (TPSA) is 24.1 Å². The fraction of sp³-hybridized carbons (Fsp3) is 0.647. The molecule has 19 heavy (non-hydrogen) atoms. The Morgan fingerprint density at radius 3 is 2.32 bits per heavy atom. The summed E-state index contributed by atoms with van der Waals surface area (Å²) in [6.45, 7) is 9.04. The Hall–Kier alpha value is -1.02. The van der Waals surface area contributed by atoms with Crippen LogP contribution in [0, 0.1) is 5.41 Å². The number of anilines is 1. The zero-order chi connectivity index (χ0) is 13.9. The predicted octanol–water partition coefficient (Wildman–Crippen LogP) is 3.79. The van der Waals surface area contributed by atoms with Crippen LogP contribution in [0.5, 0.6) is 0 Å². The number of hydrogen-bond acceptors (Lipinski definition) is 2. The molecule has 0 atom stereocenters. The highest BCUT2D eigenvalue weighted by Gasteiger charge is 2.36. The molecule has 2 rings (SSSR count). The van der Waals surface area contributed by atoms with Crippen molar-refractivity contribution >= 4 is 5.69 Å². The average Bonchev–Trinajstić information content (AvgIpc) is 2.31. The third-order valence-electron chi connectivity index (χ3n) is 4.35. The van der Waals surface area contributed by atoms with Crippen molar-refractivity contribution in [3.8, 4) is 0 Å². The fourth-order valence-corrected chi connectivity index (χ4v) is 3.04. The van der Waals surface area contributed by atoms with E-state index in [-0.39, 0.29) is 5.41 Å². The van der Waals surface area contributed by atoms with Gasteiger partial charge in [-0.1, -0.05) is 45.4 Å². The standard InChI is InChI=1S/C17H28N2/c1-16(2,3)14-8-5-6-9-15(14)19-13-17(12-18-4)10-7-11-17/h5-6,8-9,18-19H,7,10-13H2,1-4H3. The second-order valence-electron chi connectivity index (χ2n) is 7.03. The number of rotatable bonds is 5. The summed E-state index contributed by atoms with van der Waals surface area (Å²) < 4.78 is 0. The second-order valence-corrected chi connectivity index (χ2v) is 7.03. The molecule has 0 spiro atoms. The van der Waals surface area contributed by atoms with E-state index in [0.29, 0.717) is 5.41 Å². The maximum Gasteiger partial charge on any atom is 0.0378 e. The van der Waals surface area contributed by atoms with Gasteiger partial charge in [0.05, 0.1) is 0 Å². The first-order valence-corrected chi connectivity index (χ1v) is 7.45. The molecule has 0 radical (unpaired) electrons. The molecule has 1 aliphatic rings. The first kappa shape index (κ1) is 14.4. The zero-order valence-corrected chi connectivity index (χ0v) is 12.8. The van der Waals surface area contributed by atoms with E-state index in [1.807, 2.05) is 0 Å². The van der Waals surface area contributed by atoms with Gasteiger partial charge in [0.25, 0.3) is 0 Å². The molecule has 2 heteroatoms. The van der Waals surface area contributed by atoms with E-state index < -0.39 is 0 Å². The van der Waals surface area contributed by atoms with Gasteiger partial charge in [-0.25, -0.2) is 0 Å². The summed E-state index contributed by atoms with van der Waals surface area (Å²) >= 11 is 0. The molecule has 0 amide bonds. The van der Waals surface area contributed by atoms with Crippen molar-refractivity contribution < 1.29 is 0 Å². The van der Waals surface area contributed by atoms with Gasteiger partial charge in [0, 0.05) is 24.2 Å². The maximum atomic E-state index is 3.71. The molecular weight excluding hydrogens is 232 g/mol. The van der Waals surface area contributed by atoms with Crippen LogP contribution in [0.25, 0.3) is 0 Å². The zero-order valence-electron chi connectivity index (χ0n) is 12.8. The van der Waals surface area contributed by atoms with E-state index in [1.54, 1.807) is 0 Å². The monoisotopic (exact) mass is 260 g/mol. The lowest BCUT2D eigenvalue weighted by Crippen LogP contribution is -2.44. The van der Waals surface area contributed by atoms with Crippen molar-refractivity contribution in [2.45, 2.75) is 45.4 Å². The third kappa shape index (κ3) is 3.30. The molecule has 1 fully saturated rings. The van der Waals surface area contributed by atoms with Gasteiger partial charge < -0.3 is 10.6 Å². The van der Waals surface area contributed by atoms with Gasteiger partial charge in [-0.3, -0.25) is 0 Å². The van der Waals surface area contributed by atoms with Crippen molar-refractivity contribution in [3.63, 3.8) is 0 Å². The van der Waals surface area contributed by atoms with Crippen LogP contribution in [0.4, 0.5) is 5.69 Å². The average molecular weight is 260 g/mol. The summed E-state index contributed by atoms with van der Waals surface area (Å²) in [5.74, 6) is 0. The number of nitrogens with one attached hydrogen (secondary N) is 2. The molecule has 0 aromatic heterocycles. The van der Waals surface area contributed by atoms with Crippen LogP contribution in [-0.2, 0) is 5.41 Å². The molecule has 1 aromatic rings. The Morgan fingerprint density at radius 1 is 1.11 bits per heavy atom. The van der Waals surface area contributed by atoms with Crippen LogP contribution >= 0.6 is 0 Å². The van der Waals surface area contributed by atoms with Gasteiger partial charge >= 0.3 is 0 Å². The summed E-state index contributed by atoms with van der Waals surface area (Å²) in [6.07, 6.45) is 4.07. The second kappa shape index (κ2) is 5.54. The van der Waals surface area contributed by atoms with E-state index >= 15 is 0 Å². The maximum absolute atomic E-state index is 3.71. The first-order chi connectivity index (χ1) is 8.97. The Bertz CT molecular complexity index is 414. The van der Waals surface area contributed by atoms with Crippen LogP contribution < -0.4 is 10.6 Å². The largest absolute Gasteiger partial charge is 0.384 e. The lowest BCUT2D eigenvalue weighted by atomic mass is 9.68. The van der Waals surface area contributed by atoms with Gasteiger partial charge in [0.2, 0.25) is 0 Å². The Kier molecular flexibility index (Phi) is 4.19. The van der Waals surface area contributed by atoms with Gasteiger partial charge in [0.15, 0.2) is 0 Å².